The van der Waals surface area contributed by atoms with E-state index in [9.17, 15) is 4.79 Å². The van der Waals surface area contributed by atoms with Crippen molar-refractivity contribution < 1.29 is 9.63 Å². The topological polar surface area (TPSA) is 79.4 Å². The molecule has 0 bridgehead atoms. The first-order valence-corrected chi connectivity index (χ1v) is 8.88. The molecule has 0 spiro atoms. The standard InChI is InChI=1S/C19H22N4O2/c24-19(20-12-17-15-7-4-8-16(15)21-22-17)18-11-14(23-25-18)10-9-13-5-2-1-3-6-13/h1-3,5-6,18H,4,7-12H2,(H,20,24)(H,21,22)/t18-/m0/s1. The van der Waals surface area contributed by atoms with Crippen molar-refractivity contribution in [3.8, 4) is 0 Å². The van der Waals surface area contributed by atoms with Crippen LogP contribution < -0.4 is 5.32 Å². The normalized spacial score (nSPS) is 18.6. The van der Waals surface area contributed by atoms with Gasteiger partial charge in [-0.25, -0.2) is 0 Å². The van der Waals surface area contributed by atoms with E-state index >= 15 is 0 Å². The number of aromatic amines is 1. The fraction of sp³-hybridized carbons (Fsp3) is 0.421. The van der Waals surface area contributed by atoms with Crippen molar-refractivity contribution in [2.45, 2.75) is 51.2 Å². The van der Waals surface area contributed by atoms with Crippen molar-refractivity contribution in [3.63, 3.8) is 0 Å². The lowest BCUT2D eigenvalue weighted by Gasteiger charge is -2.09. The highest BCUT2D eigenvalue weighted by atomic mass is 16.6. The first-order valence-electron chi connectivity index (χ1n) is 8.88. The maximum Gasteiger partial charge on any atom is 0.264 e. The van der Waals surface area contributed by atoms with E-state index < -0.39 is 6.10 Å². The number of amides is 1. The summed E-state index contributed by atoms with van der Waals surface area (Å²) in [6.07, 6.45) is 5.05. The number of carbonyl (C=O) groups is 1. The molecule has 1 amide bonds. The van der Waals surface area contributed by atoms with Crippen molar-refractivity contribution in [3.05, 3.63) is 52.8 Å². The Balaban J connectivity index is 1.24. The molecule has 0 fully saturated rings. The number of rotatable bonds is 6. The molecule has 1 aliphatic heterocycles. The van der Waals surface area contributed by atoms with Crippen molar-refractivity contribution in [1.29, 1.82) is 0 Å². The van der Waals surface area contributed by atoms with Gasteiger partial charge in [0.15, 0.2) is 0 Å². The van der Waals surface area contributed by atoms with Crippen molar-refractivity contribution >= 4 is 11.6 Å². The fourth-order valence-corrected chi connectivity index (χ4v) is 3.47. The van der Waals surface area contributed by atoms with Crippen LogP contribution in [0.25, 0.3) is 0 Å². The van der Waals surface area contributed by atoms with Gasteiger partial charge >= 0.3 is 0 Å². The zero-order valence-corrected chi connectivity index (χ0v) is 14.1. The van der Waals surface area contributed by atoms with Gasteiger partial charge in [-0.1, -0.05) is 35.5 Å². The molecule has 1 aromatic carbocycles. The fourth-order valence-electron chi connectivity index (χ4n) is 3.47. The Morgan fingerprint density at radius 3 is 3.00 bits per heavy atom. The molecule has 2 heterocycles. The molecule has 2 N–H and O–H groups in total. The Kier molecular flexibility index (Phi) is 4.50. The lowest BCUT2D eigenvalue weighted by atomic mass is 10.0. The Hall–Kier alpha value is -2.63. The first kappa shape index (κ1) is 15.9. The lowest BCUT2D eigenvalue weighted by molar-refractivity contribution is -0.131. The van der Waals surface area contributed by atoms with Crippen LogP contribution in [0.3, 0.4) is 0 Å². The summed E-state index contributed by atoms with van der Waals surface area (Å²) >= 11 is 0. The third kappa shape index (κ3) is 3.57. The van der Waals surface area contributed by atoms with Crippen molar-refractivity contribution in [2.75, 3.05) is 0 Å². The van der Waals surface area contributed by atoms with Gasteiger partial charge in [-0.05, 0) is 43.2 Å². The van der Waals surface area contributed by atoms with Crippen molar-refractivity contribution in [1.82, 2.24) is 15.5 Å². The number of H-pyrrole nitrogens is 1. The van der Waals surface area contributed by atoms with E-state index in [4.69, 9.17) is 4.84 Å². The average Bonchev–Trinajstić information content (AvgIpc) is 3.36. The number of carbonyl (C=O) groups excluding carboxylic acids is 1. The molecule has 25 heavy (non-hydrogen) atoms. The molecule has 4 rings (SSSR count). The molecule has 1 aliphatic carbocycles. The largest absolute Gasteiger partial charge is 0.382 e. The van der Waals surface area contributed by atoms with Gasteiger partial charge in [0.1, 0.15) is 0 Å². The number of aryl methyl sites for hydroxylation is 2. The summed E-state index contributed by atoms with van der Waals surface area (Å²) in [5.41, 5.74) is 5.65. The molecule has 6 heteroatoms. The van der Waals surface area contributed by atoms with Gasteiger partial charge in [0.2, 0.25) is 6.10 Å². The zero-order chi connectivity index (χ0) is 17.1. The van der Waals surface area contributed by atoms with Crippen LogP contribution in [-0.4, -0.2) is 27.9 Å². The van der Waals surface area contributed by atoms with Crippen LogP contribution in [0.15, 0.2) is 35.5 Å². The van der Waals surface area contributed by atoms with Gasteiger partial charge in [-0.3, -0.25) is 9.89 Å². The first-order chi connectivity index (χ1) is 12.3. The maximum atomic E-state index is 12.3. The summed E-state index contributed by atoms with van der Waals surface area (Å²) in [6, 6.07) is 10.3. The number of hydrogen-bond acceptors (Lipinski definition) is 4. The van der Waals surface area contributed by atoms with Gasteiger partial charge in [0.25, 0.3) is 5.91 Å². The molecule has 2 aliphatic rings. The third-order valence-electron chi connectivity index (χ3n) is 4.89. The monoisotopic (exact) mass is 338 g/mol. The van der Waals surface area contributed by atoms with Crippen LogP contribution in [0.2, 0.25) is 0 Å². The smallest absolute Gasteiger partial charge is 0.264 e. The summed E-state index contributed by atoms with van der Waals surface area (Å²) in [5, 5.41) is 14.4. The van der Waals surface area contributed by atoms with Crippen LogP contribution in [0.4, 0.5) is 0 Å². The van der Waals surface area contributed by atoms with Crippen LogP contribution in [0.1, 0.15) is 41.8 Å². The Labute approximate surface area is 146 Å². The van der Waals surface area contributed by atoms with Crippen LogP contribution >= 0.6 is 0 Å². The molecule has 1 atom stereocenters. The summed E-state index contributed by atoms with van der Waals surface area (Å²) in [7, 11) is 0. The average molecular weight is 338 g/mol. The van der Waals surface area contributed by atoms with E-state index in [2.05, 4.69) is 32.8 Å². The van der Waals surface area contributed by atoms with Crippen LogP contribution in [0, 0.1) is 0 Å². The van der Waals surface area contributed by atoms with Crippen LogP contribution in [-0.2, 0) is 35.4 Å². The minimum absolute atomic E-state index is 0.117. The molecule has 0 saturated heterocycles. The van der Waals surface area contributed by atoms with Gasteiger partial charge < -0.3 is 10.2 Å². The highest BCUT2D eigenvalue weighted by Gasteiger charge is 2.28. The zero-order valence-electron chi connectivity index (χ0n) is 14.1. The summed E-state index contributed by atoms with van der Waals surface area (Å²) in [4.78, 5) is 17.6. The van der Waals surface area contributed by atoms with Gasteiger partial charge in [0.05, 0.1) is 18.0 Å². The molecule has 130 valence electrons. The van der Waals surface area contributed by atoms with E-state index in [0.717, 1.165) is 43.5 Å². The van der Waals surface area contributed by atoms with Gasteiger partial charge in [-0.15, -0.1) is 0 Å². The Bertz CT molecular complexity index is 782. The lowest BCUT2D eigenvalue weighted by Crippen LogP contribution is -2.34. The van der Waals surface area contributed by atoms with E-state index in [1.165, 1.54) is 16.8 Å². The molecule has 2 aromatic rings. The van der Waals surface area contributed by atoms with E-state index in [0.29, 0.717) is 13.0 Å². The Morgan fingerprint density at radius 2 is 2.12 bits per heavy atom. The number of hydrogen-bond donors (Lipinski definition) is 2. The number of oxime groups is 1. The molecular formula is C19H22N4O2. The molecule has 0 saturated carbocycles. The van der Waals surface area contributed by atoms with E-state index in [1.54, 1.807) is 0 Å². The highest BCUT2D eigenvalue weighted by Crippen LogP contribution is 2.22. The van der Waals surface area contributed by atoms with Crippen LogP contribution in [0.5, 0.6) is 0 Å². The van der Waals surface area contributed by atoms with E-state index in [-0.39, 0.29) is 5.91 Å². The maximum absolute atomic E-state index is 12.3. The predicted octanol–water partition coefficient (Wildman–Crippen LogP) is 2.29. The minimum atomic E-state index is -0.516. The minimum Gasteiger partial charge on any atom is -0.382 e. The number of aromatic nitrogens is 2. The third-order valence-corrected chi connectivity index (χ3v) is 4.89. The molecule has 1 aromatic heterocycles. The number of benzene rings is 1. The van der Waals surface area contributed by atoms with Gasteiger partial charge in [0, 0.05) is 12.1 Å². The second-order valence-electron chi connectivity index (χ2n) is 6.64. The quantitative estimate of drug-likeness (QED) is 0.848. The summed E-state index contributed by atoms with van der Waals surface area (Å²) in [6.45, 7) is 0.448. The second-order valence-corrected chi connectivity index (χ2v) is 6.64. The summed E-state index contributed by atoms with van der Waals surface area (Å²) in [5.74, 6) is -0.117. The molecule has 0 radical (unpaired) electrons. The predicted molar refractivity (Wildman–Crippen MR) is 94.1 cm³/mol. The number of fused-ring (bicyclic) bond motifs is 1. The van der Waals surface area contributed by atoms with Gasteiger partial charge in [-0.2, -0.15) is 5.10 Å². The summed E-state index contributed by atoms with van der Waals surface area (Å²) < 4.78 is 0. The Morgan fingerprint density at radius 1 is 1.24 bits per heavy atom. The SMILES string of the molecule is O=C(NCc1n[nH]c2c1CCC2)[C@@H]1CC(CCc2ccccc2)=NO1. The molecule has 0 unspecified atom stereocenters. The second kappa shape index (κ2) is 7.09. The van der Waals surface area contributed by atoms with Crippen molar-refractivity contribution in [2.24, 2.45) is 5.16 Å². The van der Waals surface area contributed by atoms with E-state index in [1.807, 2.05) is 18.2 Å². The molecule has 6 nitrogen and oxygen atoms in total. The highest BCUT2D eigenvalue weighted by molar-refractivity contribution is 5.92. The number of nitrogens with one attached hydrogen (secondary N) is 2. The number of nitrogens with zero attached hydrogens (tertiary/aromatic N) is 2. The molecular weight excluding hydrogens is 316 g/mol.